The molecule has 1 N–H and O–H groups in total. The molecule has 0 fully saturated rings. The van der Waals surface area contributed by atoms with Crippen LogP contribution in [0.25, 0.3) is 0 Å². The number of carbonyl (C=O) groups is 2. The van der Waals surface area contributed by atoms with Crippen molar-refractivity contribution < 1.29 is 14.3 Å². The van der Waals surface area contributed by atoms with Gasteiger partial charge >= 0.3 is 0 Å². The van der Waals surface area contributed by atoms with Crippen molar-refractivity contribution >= 4 is 23.4 Å². The molecule has 2 amide bonds. The molecule has 2 aromatic rings. The quantitative estimate of drug-likeness (QED) is 0.593. The van der Waals surface area contributed by atoms with Crippen LogP contribution in [-0.2, 0) is 16.1 Å². The first kappa shape index (κ1) is 24.7. The van der Waals surface area contributed by atoms with Gasteiger partial charge in [0, 0.05) is 17.6 Å². The molecule has 0 heterocycles. The number of rotatable bonds is 9. The van der Waals surface area contributed by atoms with Crippen molar-refractivity contribution in [2.75, 3.05) is 6.61 Å². The summed E-state index contributed by atoms with van der Waals surface area (Å²) in [6.07, 6.45) is 0.822. The van der Waals surface area contributed by atoms with Crippen LogP contribution in [0.3, 0.4) is 0 Å². The van der Waals surface area contributed by atoms with Crippen LogP contribution in [0.2, 0.25) is 5.02 Å². The number of amides is 2. The molecule has 0 aliphatic heterocycles. The Labute approximate surface area is 190 Å². The van der Waals surface area contributed by atoms with E-state index in [-0.39, 0.29) is 24.5 Å². The van der Waals surface area contributed by atoms with Crippen molar-refractivity contribution in [3.8, 4) is 5.75 Å². The summed E-state index contributed by atoms with van der Waals surface area (Å²) in [4.78, 5) is 27.5. The Hall–Kier alpha value is -2.53. The van der Waals surface area contributed by atoms with E-state index >= 15 is 0 Å². The van der Waals surface area contributed by atoms with Gasteiger partial charge in [-0.1, -0.05) is 48.4 Å². The van der Waals surface area contributed by atoms with E-state index in [4.69, 9.17) is 16.3 Å². The fourth-order valence-corrected chi connectivity index (χ4v) is 3.38. The van der Waals surface area contributed by atoms with E-state index in [1.165, 1.54) is 0 Å². The summed E-state index contributed by atoms with van der Waals surface area (Å²) in [6, 6.07) is 11.0. The molecule has 31 heavy (non-hydrogen) atoms. The molecule has 0 saturated carbocycles. The number of hydrogen-bond donors (Lipinski definition) is 1. The standard InChI is InChI=1S/C25H33ClN2O3/c1-7-19(5)27-25(30)20(6)28(14-21-10-8-9-16(2)11-21)23(29)15-31-22-12-17(3)24(26)18(4)13-22/h8-13,19-20H,7,14-15H2,1-6H3,(H,27,30)/t19-,20+/m0/s1. The highest BCUT2D eigenvalue weighted by Gasteiger charge is 2.27. The second-order valence-electron chi connectivity index (χ2n) is 8.16. The van der Waals surface area contributed by atoms with E-state index in [0.29, 0.717) is 17.3 Å². The van der Waals surface area contributed by atoms with Crippen LogP contribution in [0.1, 0.15) is 49.4 Å². The van der Waals surface area contributed by atoms with Gasteiger partial charge in [-0.3, -0.25) is 9.59 Å². The van der Waals surface area contributed by atoms with Crippen molar-refractivity contribution in [1.29, 1.82) is 0 Å². The summed E-state index contributed by atoms with van der Waals surface area (Å²) >= 11 is 6.22. The number of benzene rings is 2. The summed E-state index contributed by atoms with van der Waals surface area (Å²) in [5, 5.41) is 3.66. The van der Waals surface area contributed by atoms with Crippen molar-refractivity contribution in [3.63, 3.8) is 0 Å². The van der Waals surface area contributed by atoms with Crippen LogP contribution in [-0.4, -0.2) is 35.4 Å². The highest BCUT2D eigenvalue weighted by molar-refractivity contribution is 6.32. The molecular formula is C25H33ClN2O3. The number of carbonyl (C=O) groups excluding carboxylic acids is 2. The number of nitrogens with zero attached hydrogens (tertiary/aromatic N) is 1. The maximum absolute atomic E-state index is 13.1. The molecule has 0 radical (unpaired) electrons. The molecule has 0 aliphatic rings. The Kier molecular flexibility index (Phi) is 8.93. The normalized spacial score (nSPS) is 12.7. The predicted octanol–water partition coefficient (Wildman–Crippen LogP) is 4.98. The van der Waals surface area contributed by atoms with E-state index in [1.807, 2.05) is 71.0 Å². The Morgan fingerprint density at radius 2 is 1.74 bits per heavy atom. The Morgan fingerprint density at radius 1 is 1.10 bits per heavy atom. The van der Waals surface area contributed by atoms with Crippen LogP contribution in [0, 0.1) is 20.8 Å². The molecule has 168 valence electrons. The van der Waals surface area contributed by atoms with Crippen LogP contribution in [0.15, 0.2) is 36.4 Å². The first-order valence-corrected chi connectivity index (χ1v) is 11.0. The zero-order valence-electron chi connectivity index (χ0n) is 19.3. The lowest BCUT2D eigenvalue weighted by Crippen LogP contribution is -2.50. The molecule has 2 rings (SSSR count). The molecule has 2 atom stereocenters. The van der Waals surface area contributed by atoms with Gasteiger partial charge in [0.2, 0.25) is 5.91 Å². The van der Waals surface area contributed by atoms with E-state index < -0.39 is 6.04 Å². The maximum atomic E-state index is 13.1. The van der Waals surface area contributed by atoms with E-state index in [0.717, 1.165) is 28.7 Å². The molecule has 5 nitrogen and oxygen atoms in total. The average Bonchev–Trinajstić information content (AvgIpc) is 2.73. The zero-order chi connectivity index (χ0) is 23.1. The molecule has 6 heteroatoms. The highest BCUT2D eigenvalue weighted by atomic mass is 35.5. The maximum Gasteiger partial charge on any atom is 0.261 e. The first-order valence-electron chi connectivity index (χ1n) is 10.7. The van der Waals surface area contributed by atoms with Gasteiger partial charge in [-0.05, 0) is 69.9 Å². The monoisotopic (exact) mass is 444 g/mol. The van der Waals surface area contributed by atoms with E-state index in [1.54, 1.807) is 11.8 Å². The van der Waals surface area contributed by atoms with E-state index in [2.05, 4.69) is 5.32 Å². The molecule has 2 aromatic carbocycles. The molecule has 0 saturated heterocycles. The van der Waals surface area contributed by atoms with Gasteiger partial charge in [-0.2, -0.15) is 0 Å². The summed E-state index contributed by atoms with van der Waals surface area (Å²) in [5.74, 6) is 0.159. The minimum Gasteiger partial charge on any atom is -0.484 e. The Balaban J connectivity index is 2.19. The van der Waals surface area contributed by atoms with Gasteiger partial charge in [0.05, 0.1) is 0 Å². The molecule has 0 bridgehead atoms. The van der Waals surface area contributed by atoms with Crippen LogP contribution < -0.4 is 10.1 Å². The lowest BCUT2D eigenvalue weighted by molar-refractivity contribution is -0.142. The molecule has 0 spiro atoms. The number of aryl methyl sites for hydroxylation is 3. The third-order valence-corrected chi connectivity index (χ3v) is 5.97. The SMILES string of the molecule is CC[C@H](C)NC(=O)[C@@H](C)N(Cc1cccc(C)c1)C(=O)COc1cc(C)c(Cl)c(C)c1. The van der Waals surface area contributed by atoms with Crippen LogP contribution in [0.4, 0.5) is 0 Å². The van der Waals surface area contributed by atoms with Gasteiger partial charge in [0.15, 0.2) is 6.61 Å². The van der Waals surface area contributed by atoms with Crippen molar-refractivity contribution in [3.05, 3.63) is 63.7 Å². The number of halogens is 1. The minimum absolute atomic E-state index is 0.0436. The lowest BCUT2D eigenvalue weighted by Gasteiger charge is -2.29. The summed E-state index contributed by atoms with van der Waals surface area (Å²) < 4.78 is 5.78. The molecule has 0 aliphatic carbocycles. The minimum atomic E-state index is -0.626. The second-order valence-corrected chi connectivity index (χ2v) is 8.54. The highest BCUT2D eigenvalue weighted by Crippen LogP contribution is 2.26. The summed E-state index contributed by atoms with van der Waals surface area (Å²) in [7, 11) is 0. The number of nitrogens with one attached hydrogen (secondary N) is 1. The second kappa shape index (κ2) is 11.2. The molecule has 0 aromatic heterocycles. The van der Waals surface area contributed by atoms with Gasteiger partial charge in [-0.25, -0.2) is 0 Å². The summed E-state index contributed by atoms with van der Waals surface area (Å²) in [5.41, 5.74) is 3.85. The average molecular weight is 445 g/mol. The van der Waals surface area contributed by atoms with Gasteiger partial charge < -0.3 is 15.0 Å². The van der Waals surface area contributed by atoms with Gasteiger partial charge in [0.25, 0.3) is 5.91 Å². The van der Waals surface area contributed by atoms with Crippen LogP contribution in [0.5, 0.6) is 5.75 Å². The third-order valence-electron chi connectivity index (χ3n) is 5.38. The number of ether oxygens (including phenoxy) is 1. The largest absolute Gasteiger partial charge is 0.484 e. The molecular weight excluding hydrogens is 412 g/mol. The topological polar surface area (TPSA) is 58.6 Å². The van der Waals surface area contributed by atoms with Crippen molar-refractivity contribution in [2.45, 2.75) is 66.6 Å². The third kappa shape index (κ3) is 7.00. The fourth-order valence-electron chi connectivity index (χ4n) is 3.27. The van der Waals surface area contributed by atoms with Gasteiger partial charge in [-0.15, -0.1) is 0 Å². The summed E-state index contributed by atoms with van der Waals surface area (Å²) in [6.45, 7) is 11.7. The Morgan fingerprint density at radius 3 is 2.32 bits per heavy atom. The van der Waals surface area contributed by atoms with Crippen molar-refractivity contribution in [2.24, 2.45) is 0 Å². The fraction of sp³-hybridized carbons (Fsp3) is 0.440. The van der Waals surface area contributed by atoms with Gasteiger partial charge in [0.1, 0.15) is 11.8 Å². The number of hydrogen-bond acceptors (Lipinski definition) is 3. The Bertz CT molecular complexity index is 906. The molecule has 0 unspecified atom stereocenters. The van der Waals surface area contributed by atoms with Crippen molar-refractivity contribution in [1.82, 2.24) is 10.2 Å². The first-order chi connectivity index (χ1) is 14.6. The lowest BCUT2D eigenvalue weighted by atomic mass is 10.1. The zero-order valence-corrected chi connectivity index (χ0v) is 20.0. The predicted molar refractivity (Wildman–Crippen MR) is 126 cm³/mol. The smallest absolute Gasteiger partial charge is 0.261 e. The van der Waals surface area contributed by atoms with Crippen LogP contribution >= 0.6 is 11.6 Å². The van der Waals surface area contributed by atoms with E-state index in [9.17, 15) is 9.59 Å².